The van der Waals surface area contributed by atoms with Gasteiger partial charge in [0.1, 0.15) is 11.5 Å². The fraction of sp³-hybridized carbons (Fsp3) is 0.167. The van der Waals surface area contributed by atoms with Gasteiger partial charge in [0.2, 0.25) is 0 Å². The standard InChI is InChI=1S/C24H19F4N3O2S/c1-34(32,33)20-11-7-17(8-12-20)22-21(16-5-9-18(25)10-6-16)23(24(26,27)28)31(30-22)15-13-19-4-2-3-14-29-19/h2-12,14H,13,15H2,1H3. The number of halogens is 4. The quantitative estimate of drug-likeness (QED) is 0.340. The van der Waals surface area contributed by atoms with E-state index in [0.717, 1.165) is 23.1 Å². The van der Waals surface area contributed by atoms with Crippen LogP contribution in [0.1, 0.15) is 11.4 Å². The van der Waals surface area contributed by atoms with Gasteiger partial charge in [0.05, 0.1) is 4.90 Å². The van der Waals surface area contributed by atoms with E-state index in [0.29, 0.717) is 11.3 Å². The molecule has 0 unspecified atom stereocenters. The number of hydrogen-bond donors (Lipinski definition) is 0. The van der Waals surface area contributed by atoms with Crippen molar-refractivity contribution in [3.05, 3.63) is 90.1 Å². The molecular weight excluding hydrogens is 470 g/mol. The van der Waals surface area contributed by atoms with Gasteiger partial charge in [-0.1, -0.05) is 30.3 Å². The van der Waals surface area contributed by atoms with Crippen molar-refractivity contribution in [1.82, 2.24) is 14.8 Å². The van der Waals surface area contributed by atoms with E-state index < -0.39 is 27.5 Å². The first-order valence-electron chi connectivity index (χ1n) is 10.2. The minimum atomic E-state index is -4.76. The van der Waals surface area contributed by atoms with Gasteiger partial charge in [0, 0.05) is 42.2 Å². The molecule has 2 aromatic carbocycles. The van der Waals surface area contributed by atoms with Crippen LogP contribution < -0.4 is 0 Å². The van der Waals surface area contributed by atoms with Crippen molar-refractivity contribution in [3.63, 3.8) is 0 Å². The highest BCUT2D eigenvalue weighted by atomic mass is 32.2. The molecule has 0 amide bonds. The first-order chi connectivity index (χ1) is 16.0. The molecule has 0 aliphatic heterocycles. The number of sulfone groups is 1. The van der Waals surface area contributed by atoms with Crippen LogP contribution in [0, 0.1) is 5.82 Å². The lowest BCUT2D eigenvalue weighted by molar-refractivity contribution is -0.143. The van der Waals surface area contributed by atoms with Crippen LogP contribution in [0.15, 0.2) is 77.8 Å². The number of pyridine rings is 1. The van der Waals surface area contributed by atoms with E-state index in [1.807, 2.05) is 0 Å². The van der Waals surface area contributed by atoms with Crippen LogP contribution in [-0.4, -0.2) is 29.4 Å². The average Bonchev–Trinajstić information content (AvgIpc) is 3.18. The largest absolute Gasteiger partial charge is 0.433 e. The zero-order chi connectivity index (χ0) is 24.5. The molecule has 0 atom stereocenters. The first kappa shape index (κ1) is 23.6. The number of aryl methyl sites for hydroxylation is 2. The van der Waals surface area contributed by atoms with Crippen LogP contribution in [0.3, 0.4) is 0 Å². The summed E-state index contributed by atoms with van der Waals surface area (Å²) in [6, 6.07) is 15.3. The Morgan fingerprint density at radius 2 is 1.56 bits per heavy atom. The number of aromatic nitrogens is 3. The van der Waals surface area contributed by atoms with E-state index in [9.17, 15) is 26.0 Å². The van der Waals surface area contributed by atoms with E-state index in [-0.39, 0.29) is 34.7 Å². The molecule has 0 bridgehead atoms. The number of rotatable bonds is 6. The fourth-order valence-electron chi connectivity index (χ4n) is 3.63. The van der Waals surface area contributed by atoms with Gasteiger partial charge >= 0.3 is 6.18 Å². The third-order valence-corrected chi connectivity index (χ3v) is 6.34. The maximum absolute atomic E-state index is 14.3. The third-order valence-electron chi connectivity index (χ3n) is 5.22. The van der Waals surface area contributed by atoms with Gasteiger partial charge in [0.15, 0.2) is 15.5 Å². The van der Waals surface area contributed by atoms with Crippen molar-refractivity contribution < 1.29 is 26.0 Å². The summed E-state index contributed by atoms with van der Waals surface area (Å²) in [5.74, 6) is -0.584. The second kappa shape index (κ2) is 9.02. The van der Waals surface area contributed by atoms with Gasteiger partial charge in [-0.3, -0.25) is 9.67 Å². The molecular formula is C24H19F4N3O2S. The number of nitrogens with zero attached hydrogens (tertiary/aromatic N) is 3. The monoisotopic (exact) mass is 489 g/mol. The van der Waals surface area contributed by atoms with Gasteiger partial charge in [-0.15, -0.1) is 0 Å². The lowest BCUT2D eigenvalue weighted by atomic mass is 9.98. The van der Waals surface area contributed by atoms with Crippen LogP contribution in [-0.2, 0) is 29.0 Å². The zero-order valence-electron chi connectivity index (χ0n) is 17.9. The average molecular weight is 489 g/mol. The molecule has 0 spiro atoms. The normalized spacial score (nSPS) is 12.1. The minimum Gasteiger partial charge on any atom is -0.261 e. The number of benzene rings is 2. The van der Waals surface area contributed by atoms with Crippen LogP contribution in [0.25, 0.3) is 22.4 Å². The molecule has 2 aromatic heterocycles. The molecule has 0 fully saturated rings. The van der Waals surface area contributed by atoms with Crippen LogP contribution >= 0.6 is 0 Å². The van der Waals surface area contributed by atoms with Crippen LogP contribution in [0.4, 0.5) is 17.6 Å². The Labute approximate surface area is 193 Å². The van der Waals surface area contributed by atoms with Gasteiger partial charge in [-0.25, -0.2) is 12.8 Å². The maximum atomic E-state index is 14.3. The van der Waals surface area contributed by atoms with Gasteiger partial charge in [-0.05, 0) is 42.0 Å². The molecule has 0 saturated carbocycles. The smallest absolute Gasteiger partial charge is 0.261 e. The first-order valence-corrected chi connectivity index (χ1v) is 12.1. The lowest BCUT2D eigenvalue weighted by Gasteiger charge is -2.13. The molecule has 2 heterocycles. The summed E-state index contributed by atoms with van der Waals surface area (Å²) in [6.07, 6.45) is -1.95. The number of alkyl halides is 3. The van der Waals surface area contributed by atoms with Gasteiger partial charge in [-0.2, -0.15) is 18.3 Å². The molecule has 176 valence electrons. The molecule has 10 heteroatoms. The van der Waals surface area contributed by atoms with E-state index in [1.165, 1.54) is 36.4 Å². The Bertz CT molecular complexity index is 1400. The zero-order valence-corrected chi connectivity index (χ0v) is 18.7. The summed E-state index contributed by atoms with van der Waals surface area (Å²) in [6.45, 7) is -0.0958. The predicted octanol–water partition coefficient (Wildman–Crippen LogP) is 5.42. The molecule has 0 radical (unpaired) electrons. The molecule has 34 heavy (non-hydrogen) atoms. The molecule has 4 aromatic rings. The van der Waals surface area contributed by atoms with Crippen molar-refractivity contribution in [3.8, 4) is 22.4 Å². The summed E-state index contributed by atoms with van der Waals surface area (Å²) in [4.78, 5) is 4.19. The second-order valence-electron chi connectivity index (χ2n) is 7.67. The molecule has 0 aliphatic carbocycles. The Morgan fingerprint density at radius 3 is 2.12 bits per heavy atom. The van der Waals surface area contributed by atoms with E-state index in [1.54, 1.807) is 24.4 Å². The summed E-state index contributed by atoms with van der Waals surface area (Å²) in [7, 11) is -3.49. The SMILES string of the molecule is CS(=O)(=O)c1ccc(-c2nn(CCc3ccccn3)c(C(F)(F)F)c2-c2ccc(F)cc2)cc1. The Kier molecular flexibility index (Phi) is 6.26. The Hall–Kier alpha value is -3.53. The Morgan fingerprint density at radius 1 is 0.912 bits per heavy atom. The minimum absolute atomic E-state index is 0.0139. The van der Waals surface area contributed by atoms with Crippen molar-refractivity contribution >= 4 is 9.84 Å². The number of hydrogen-bond acceptors (Lipinski definition) is 4. The van der Waals surface area contributed by atoms with Crippen LogP contribution in [0.5, 0.6) is 0 Å². The summed E-state index contributed by atoms with van der Waals surface area (Å²) in [5, 5.41) is 4.28. The molecule has 0 saturated heterocycles. The summed E-state index contributed by atoms with van der Waals surface area (Å²) < 4.78 is 81.0. The maximum Gasteiger partial charge on any atom is 0.433 e. The highest BCUT2D eigenvalue weighted by molar-refractivity contribution is 7.90. The highest BCUT2D eigenvalue weighted by Crippen LogP contribution is 2.43. The third kappa shape index (κ3) is 5.01. The highest BCUT2D eigenvalue weighted by Gasteiger charge is 2.40. The van der Waals surface area contributed by atoms with E-state index in [2.05, 4.69) is 10.1 Å². The lowest BCUT2D eigenvalue weighted by Crippen LogP contribution is -2.17. The van der Waals surface area contributed by atoms with Gasteiger partial charge < -0.3 is 0 Å². The van der Waals surface area contributed by atoms with E-state index >= 15 is 0 Å². The van der Waals surface area contributed by atoms with Gasteiger partial charge in [0.25, 0.3) is 0 Å². The van der Waals surface area contributed by atoms with Crippen molar-refractivity contribution in [2.75, 3.05) is 6.26 Å². The molecule has 0 aliphatic rings. The van der Waals surface area contributed by atoms with Crippen LogP contribution in [0.2, 0.25) is 0 Å². The van der Waals surface area contributed by atoms with Crippen molar-refractivity contribution in [1.29, 1.82) is 0 Å². The fourth-order valence-corrected chi connectivity index (χ4v) is 4.26. The van der Waals surface area contributed by atoms with E-state index in [4.69, 9.17) is 0 Å². The summed E-state index contributed by atoms with van der Waals surface area (Å²) >= 11 is 0. The predicted molar refractivity (Wildman–Crippen MR) is 119 cm³/mol. The molecule has 5 nitrogen and oxygen atoms in total. The van der Waals surface area contributed by atoms with Crippen molar-refractivity contribution in [2.24, 2.45) is 0 Å². The topological polar surface area (TPSA) is 64.8 Å². The van der Waals surface area contributed by atoms with Crippen molar-refractivity contribution in [2.45, 2.75) is 24.0 Å². The second-order valence-corrected chi connectivity index (χ2v) is 9.68. The Balaban J connectivity index is 1.90. The molecule has 0 N–H and O–H groups in total. The summed E-state index contributed by atoms with van der Waals surface area (Å²) in [5.41, 5.74) is -0.125. The molecule has 4 rings (SSSR count).